The highest BCUT2D eigenvalue weighted by Crippen LogP contribution is 2.33. The van der Waals surface area contributed by atoms with Gasteiger partial charge in [0.15, 0.2) is 0 Å². The van der Waals surface area contributed by atoms with Crippen LogP contribution in [0.15, 0.2) is 39.5 Å². The first kappa shape index (κ1) is 17.1. The molecule has 4 rings (SSSR count). The zero-order valence-electron chi connectivity index (χ0n) is 15.5. The summed E-state index contributed by atoms with van der Waals surface area (Å²) in [6, 6.07) is 10.2. The van der Waals surface area contributed by atoms with Gasteiger partial charge in [0.05, 0.1) is 18.0 Å². The van der Waals surface area contributed by atoms with Crippen molar-refractivity contribution in [2.24, 2.45) is 0 Å². The minimum Gasteiger partial charge on any atom is -0.507 e. The molecule has 2 heterocycles. The molecule has 26 heavy (non-hydrogen) atoms. The van der Waals surface area contributed by atoms with Gasteiger partial charge in [-0.2, -0.15) is 0 Å². The number of quaternary nitrogens is 1. The highest BCUT2D eigenvalue weighted by molar-refractivity contribution is 6.05. The second-order valence-electron chi connectivity index (χ2n) is 7.51. The van der Waals surface area contributed by atoms with Crippen LogP contribution in [-0.4, -0.2) is 17.7 Å². The van der Waals surface area contributed by atoms with Gasteiger partial charge in [-0.05, 0) is 50.1 Å². The van der Waals surface area contributed by atoms with Crippen LogP contribution in [0.25, 0.3) is 21.7 Å². The number of likely N-dealkylation sites (tertiary alicyclic amines) is 1. The Morgan fingerprint density at radius 1 is 1.19 bits per heavy atom. The van der Waals surface area contributed by atoms with E-state index in [4.69, 9.17) is 4.42 Å². The second-order valence-corrected chi connectivity index (χ2v) is 7.51. The van der Waals surface area contributed by atoms with Crippen molar-refractivity contribution >= 4 is 21.7 Å². The van der Waals surface area contributed by atoms with E-state index in [0.717, 1.165) is 29.4 Å². The Labute approximate surface area is 153 Å². The number of hydrogen-bond donors (Lipinski definition) is 2. The lowest BCUT2D eigenvalue weighted by Crippen LogP contribution is -3.15. The van der Waals surface area contributed by atoms with E-state index in [1.54, 1.807) is 11.0 Å². The summed E-state index contributed by atoms with van der Waals surface area (Å²) in [6.45, 7) is 6.06. The number of phenols is 1. The molecule has 0 aliphatic carbocycles. The standard InChI is InChI=1S/C22H25NO3/c1-3-16-8-6-7-11-23(16)13-15-12-19-17-9-4-5-10-18(17)22(25)26-21(19)14(2)20(15)24/h4-5,9-10,12,16,24H,3,6-8,11,13H2,1-2H3/p+1/t16-/m1/s1. The van der Waals surface area contributed by atoms with Crippen LogP contribution in [0.4, 0.5) is 0 Å². The Balaban J connectivity index is 1.88. The molecule has 2 aromatic carbocycles. The van der Waals surface area contributed by atoms with Gasteiger partial charge >= 0.3 is 5.63 Å². The lowest BCUT2D eigenvalue weighted by Gasteiger charge is -2.32. The van der Waals surface area contributed by atoms with E-state index in [1.807, 2.05) is 31.2 Å². The average molecular weight is 352 g/mol. The van der Waals surface area contributed by atoms with E-state index >= 15 is 0 Å². The number of nitrogens with one attached hydrogen (secondary N) is 1. The van der Waals surface area contributed by atoms with Crippen molar-refractivity contribution < 1.29 is 14.4 Å². The van der Waals surface area contributed by atoms with Crippen LogP contribution in [0.2, 0.25) is 0 Å². The van der Waals surface area contributed by atoms with Crippen LogP contribution in [0, 0.1) is 6.92 Å². The Bertz CT molecular complexity index is 1020. The van der Waals surface area contributed by atoms with Crippen molar-refractivity contribution in [1.82, 2.24) is 0 Å². The molecule has 1 fully saturated rings. The fourth-order valence-corrected chi connectivity index (χ4v) is 4.49. The third kappa shape index (κ3) is 2.78. The summed E-state index contributed by atoms with van der Waals surface area (Å²) < 4.78 is 5.55. The Morgan fingerprint density at radius 2 is 1.96 bits per heavy atom. The molecule has 3 aromatic rings. The molecule has 1 saturated heterocycles. The van der Waals surface area contributed by atoms with Crippen molar-refractivity contribution in [3.05, 3.63) is 51.9 Å². The Kier molecular flexibility index (Phi) is 4.45. The van der Waals surface area contributed by atoms with E-state index in [0.29, 0.717) is 22.6 Å². The van der Waals surface area contributed by atoms with Crippen molar-refractivity contribution in [2.75, 3.05) is 6.54 Å². The number of aromatic hydroxyl groups is 1. The van der Waals surface area contributed by atoms with Gasteiger partial charge in [0.1, 0.15) is 17.9 Å². The van der Waals surface area contributed by atoms with E-state index in [1.165, 1.54) is 25.7 Å². The van der Waals surface area contributed by atoms with Crippen molar-refractivity contribution in [3.63, 3.8) is 0 Å². The Hall–Kier alpha value is -2.33. The minimum atomic E-state index is -0.351. The van der Waals surface area contributed by atoms with Gasteiger partial charge in [-0.15, -0.1) is 0 Å². The van der Waals surface area contributed by atoms with Crippen molar-refractivity contribution in [2.45, 2.75) is 52.1 Å². The number of phenolic OH excluding ortho intramolecular Hbond substituents is 1. The van der Waals surface area contributed by atoms with Gasteiger partial charge in [0, 0.05) is 16.5 Å². The van der Waals surface area contributed by atoms with Crippen LogP contribution in [0.5, 0.6) is 5.75 Å². The molecule has 1 unspecified atom stereocenters. The summed E-state index contributed by atoms with van der Waals surface area (Å²) in [5.74, 6) is 0.267. The summed E-state index contributed by atoms with van der Waals surface area (Å²) in [5.41, 5.74) is 1.75. The monoisotopic (exact) mass is 352 g/mol. The van der Waals surface area contributed by atoms with Crippen LogP contribution < -0.4 is 10.5 Å². The SMILES string of the molecule is CC[C@@H]1CCCC[NH+]1Cc1cc2c(oc(=O)c3ccccc32)c(C)c1O. The largest absolute Gasteiger partial charge is 0.507 e. The zero-order chi connectivity index (χ0) is 18.3. The third-order valence-corrected chi connectivity index (χ3v) is 5.98. The molecular weight excluding hydrogens is 326 g/mol. The maximum Gasteiger partial charge on any atom is 0.344 e. The number of benzene rings is 2. The van der Waals surface area contributed by atoms with Crippen LogP contribution in [-0.2, 0) is 6.54 Å². The lowest BCUT2D eigenvalue weighted by atomic mass is 9.97. The average Bonchev–Trinajstić information content (AvgIpc) is 2.67. The summed E-state index contributed by atoms with van der Waals surface area (Å²) in [7, 11) is 0. The predicted octanol–water partition coefficient (Wildman–Crippen LogP) is 3.31. The Morgan fingerprint density at radius 3 is 2.73 bits per heavy atom. The van der Waals surface area contributed by atoms with Crippen LogP contribution in [0.1, 0.15) is 43.7 Å². The van der Waals surface area contributed by atoms with Gasteiger partial charge in [0.25, 0.3) is 0 Å². The van der Waals surface area contributed by atoms with Crippen molar-refractivity contribution in [1.29, 1.82) is 0 Å². The maximum atomic E-state index is 12.3. The molecule has 4 nitrogen and oxygen atoms in total. The normalized spacial score (nSPS) is 20.7. The van der Waals surface area contributed by atoms with Crippen LogP contribution >= 0.6 is 0 Å². The zero-order valence-corrected chi connectivity index (χ0v) is 15.5. The van der Waals surface area contributed by atoms with E-state index in [2.05, 4.69) is 6.92 Å². The molecule has 2 N–H and O–H groups in total. The molecule has 2 atom stereocenters. The third-order valence-electron chi connectivity index (χ3n) is 5.98. The predicted molar refractivity (Wildman–Crippen MR) is 104 cm³/mol. The highest BCUT2D eigenvalue weighted by Gasteiger charge is 2.26. The van der Waals surface area contributed by atoms with E-state index < -0.39 is 0 Å². The first-order chi connectivity index (χ1) is 12.6. The fourth-order valence-electron chi connectivity index (χ4n) is 4.49. The first-order valence-corrected chi connectivity index (χ1v) is 9.61. The number of fused-ring (bicyclic) bond motifs is 3. The molecule has 1 aliphatic heterocycles. The molecule has 4 heteroatoms. The molecule has 0 amide bonds. The summed E-state index contributed by atoms with van der Waals surface area (Å²) >= 11 is 0. The first-order valence-electron chi connectivity index (χ1n) is 9.61. The molecule has 0 spiro atoms. The van der Waals surface area contributed by atoms with Gasteiger partial charge in [-0.3, -0.25) is 0 Å². The molecule has 136 valence electrons. The number of piperidine rings is 1. The van der Waals surface area contributed by atoms with Crippen molar-refractivity contribution in [3.8, 4) is 5.75 Å². The molecule has 0 bridgehead atoms. The van der Waals surface area contributed by atoms with E-state index in [9.17, 15) is 9.90 Å². The van der Waals surface area contributed by atoms with Gasteiger partial charge in [-0.25, -0.2) is 4.79 Å². The smallest absolute Gasteiger partial charge is 0.344 e. The summed E-state index contributed by atoms with van der Waals surface area (Å²) in [6.07, 6.45) is 4.98. The summed E-state index contributed by atoms with van der Waals surface area (Å²) in [5, 5.41) is 13.2. The number of rotatable bonds is 3. The lowest BCUT2D eigenvalue weighted by molar-refractivity contribution is -0.944. The maximum absolute atomic E-state index is 12.3. The molecule has 0 radical (unpaired) electrons. The van der Waals surface area contributed by atoms with Gasteiger partial charge in [-0.1, -0.05) is 25.1 Å². The number of aryl methyl sites for hydroxylation is 1. The minimum absolute atomic E-state index is 0.267. The highest BCUT2D eigenvalue weighted by atomic mass is 16.4. The fraction of sp³-hybridized carbons (Fsp3) is 0.409. The van der Waals surface area contributed by atoms with Gasteiger partial charge < -0.3 is 14.4 Å². The number of hydrogen-bond acceptors (Lipinski definition) is 3. The summed E-state index contributed by atoms with van der Waals surface area (Å²) in [4.78, 5) is 13.8. The molecular formula is C22H26NO3+. The second kappa shape index (κ2) is 6.76. The quantitative estimate of drug-likeness (QED) is 0.562. The molecule has 1 aromatic heterocycles. The van der Waals surface area contributed by atoms with E-state index in [-0.39, 0.29) is 11.4 Å². The molecule has 1 aliphatic rings. The van der Waals surface area contributed by atoms with Gasteiger partial charge in [0.2, 0.25) is 0 Å². The molecule has 0 saturated carbocycles. The topological polar surface area (TPSA) is 54.9 Å². The van der Waals surface area contributed by atoms with Crippen LogP contribution in [0.3, 0.4) is 0 Å².